The van der Waals surface area contributed by atoms with Crippen molar-refractivity contribution >= 4 is 0 Å². The van der Waals surface area contributed by atoms with Crippen molar-refractivity contribution < 1.29 is 9.26 Å². The van der Waals surface area contributed by atoms with Crippen molar-refractivity contribution in [3.05, 3.63) is 23.0 Å². The molecule has 0 aliphatic carbocycles. The molecule has 1 aliphatic rings. The lowest BCUT2D eigenvalue weighted by Crippen LogP contribution is -2.27. The summed E-state index contributed by atoms with van der Waals surface area (Å²) >= 11 is 0. The second-order valence-electron chi connectivity index (χ2n) is 5.88. The summed E-state index contributed by atoms with van der Waals surface area (Å²) in [5.74, 6) is 2.18. The van der Waals surface area contributed by atoms with Crippen molar-refractivity contribution in [2.24, 2.45) is 7.05 Å². The Morgan fingerprint density at radius 1 is 1.36 bits per heavy atom. The molecule has 22 heavy (non-hydrogen) atoms. The minimum atomic E-state index is 0.0815. The topological polar surface area (TPSA) is 69.2 Å². The predicted octanol–water partition coefficient (Wildman–Crippen LogP) is 2.33. The van der Waals surface area contributed by atoms with Gasteiger partial charge in [-0.15, -0.1) is 0 Å². The average Bonchev–Trinajstić information content (AvgIpc) is 3.16. The molecule has 0 saturated carbocycles. The number of likely N-dealkylation sites (tertiary alicyclic amines) is 1. The summed E-state index contributed by atoms with van der Waals surface area (Å²) in [6.07, 6.45) is 2.22. The third kappa shape index (κ3) is 2.39. The fourth-order valence-corrected chi connectivity index (χ4v) is 3.47. The molecule has 120 valence electrons. The molecule has 0 bridgehead atoms. The smallest absolute Gasteiger partial charge is 0.243 e. The van der Waals surface area contributed by atoms with Gasteiger partial charge in [-0.05, 0) is 40.2 Å². The molecule has 3 rings (SSSR count). The number of methoxy groups -OCH3 is 1. The Kier molecular flexibility index (Phi) is 3.90. The van der Waals surface area contributed by atoms with Gasteiger partial charge in [0.05, 0.1) is 24.4 Å². The predicted molar refractivity (Wildman–Crippen MR) is 80.6 cm³/mol. The fraction of sp³-hybridized carbons (Fsp3) is 0.667. The molecule has 0 aromatic carbocycles. The Hall–Kier alpha value is -1.89. The number of aromatic nitrogens is 4. The second kappa shape index (κ2) is 5.72. The quantitative estimate of drug-likeness (QED) is 0.863. The van der Waals surface area contributed by atoms with Gasteiger partial charge in [0.2, 0.25) is 11.8 Å². The summed E-state index contributed by atoms with van der Waals surface area (Å²) in [6, 6.07) is 0.351. The van der Waals surface area contributed by atoms with Crippen LogP contribution in [0.5, 0.6) is 5.88 Å². The monoisotopic (exact) mass is 305 g/mol. The molecule has 1 aliphatic heterocycles. The number of ether oxygens (including phenoxy) is 1. The first kappa shape index (κ1) is 15.0. The van der Waals surface area contributed by atoms with Crippen LogP contribution in [0.15, 0.2) is 4.52 Å². The van der Waals surface area contributed by atoms with Crippen LogP contribution in [0.25, 0.3) is 0 Å². The molecule has 0 radical (unpaired) electrons. The fourth-order valence-electron chi connectivity index (χ4n) is 3.47. The Morgan fingerprint density at radius 3 is 2.77 bits per heavy atom. The molecule has 2 aromatic rings. The summed E-state index contributed by atoms with van der Waals surface area (Å²) in [5, 5.41) is 8.42. The molecular weight excluding hydrogens is 282 g/mol. The third-order valence-corrected chi connectivity index (χ3v) is 4.43. The van der Waals surface area contributed by atoms with Crippen molar-refractivity contribution in [2.75, 3.05) is 13.7 Å². The van der Waals surface area contributed by atoms with Gasteiger partial charge in [-0.2, -0.15) is 10.1 Å². The van der Waals surface area contributed by atoms with E-state index in [4.69, 9.17) is 9.26 Å². The van der Waals surface area contributed by atoms with Gasteiger partial charge < -0.3 is 9.26 Å². The summed E-state index contributed by atoms with van der Waals surface area (Å²) in [7, 11) is 3.61. The minimum absolute atomic E-state index is 0.0815. The van der Waals surface area contributed by atoms with Crippen molar-refractivity contribution in [1.29, 1.82) is 0 Å². The van der Waals surface area contributed by atoms with Gasteiger partial charge >= 0.3 is 0 Å². The first-order chi connectivity index (χ1) is 10.5. The number of aryl methyl sites for hydroxylation is 3. The van der Waals surface area contributed by atoms with Crippen molar-refractivity contribution in [3.63, 3.8) is 0 Å². The highest BCUT2D eigenvalue weighted by Crippen LogP contribution is 2.42. The molecule has 0 unspecified atom stereocenters. The Balaban J connectivity index is 1.94. The molecule has 0 spiro atoms. The van der Waals surface area contributed by atoms with Crippen molar-refractivity contribution in [1.82, 2.24) is 24.8 Å². The van der Waals surface area contributed by atoms with Gasteiger partial charge in [-0.25, -0.2) is 4.68 Å². The SMILES string of the molecule is COc1c([C@@H]2CCCN2[C@H](C)c2nc(C)no2)c(C)nn1C. The minimum Gasteiger partial charge on any atom is -0.481 e. The largest absolute Gasteiger partial charge is 0.481 e. The molecule has 7 heteroatoms. The van der Waals surface area contributed by atoms with Crippen LogP contribution < -0.4 is 4.74 Å². The number of hydrogen-bond acceptors (Lipinski definition) is 6. The summed E-state index contributed by atoms with van der Waals surface area (Å²) < 4.78 is 12.7. The zero-order valence-electron chi connectivity index (χ0n) is 13.8. The van der Waals surface area contributed by atoms with E-state index in [0.29, 0.717) is 11.7 Å². The van der Waals surface area contributed by atoms with Gasteiger partial charge in [0.1, 0.15) is 0 Å². The zero-order valence-corrected chi connectivity index (χ0v) is 13.8. The Morgan fingerprint density at radius 2 is 2.14 bits per heavy atom. The first-order valence-electron chi connectivity index (χ1n) is 7.66. The van der Waals surface area contributed by atoms with Crippen LogP contribution in [-0.2, 0) is 7.05 Å². The molecule has 0 amide bonds. The lowest BCUT2D eigenvalue weighted by molar-refractivity contribution is 0.156. The molecule has 0 N–H and O–H groups in total. The molecule has 3 heterocycles. The lowest BCUT2D eigenvalue weighted by atomic mass is 10.0. The van der Waals surface area contributed by atoms with E-state index in [-0.39, 0.29) is 12.1 Å². The van der Waals surface area contributed by atoms with E-state index < -0.39 is 0 Å². The maximum Gasteiger partial charge on any atom is 0.243 e. The average molecular weight is 305 g/mol. The number of hydrogen-bond donors (Lipinski definition) is 0. The van der Waals surface area contributed by atoms with E-state index >= 15 is 0 Å². The maximum atomic E-state index is 5.57. The van der Waals surface area contributed by atoms with Crippen LogP contribution in [0, 0.1) is 13.8 Å². The highest BCUT2D eigenvalue weighted by molar-refractivity contribution is 5.35. The van der Waals surface area contributed by atoms with Crippen LogP contribution in [0.1, 0.15) is 54.8 Å². The summed E-state index contributed by atoms with van der Waals surface area (Å²) in [5.41, 5.74) is 2.19. The van der Waals surface area contributed by atoms with E-state index in [1.807, 2.05) is 25.6 Å². The molecule has 7 nitrogen and oxygen atoms in total. The summed E-state index contributed by atoms with van der Waals surface area (Å²) in [4.78, 5) is 6.78. The second-order valence-corrected chi connectivity index (χ2v) is 5.88. The van der Waals surface area contributed by atoms with Gasteiger partial charge in [-0.3, -0.25) is 4.90 Å². The first-order valence-corrected chi connectivity index (χ1v) is 7.66. The van der Waals surface area contributed by atoms with Crippen LogP contribution in [-0.4, -0.2) is 38.5 Å². The number of rotatable bonds is 4. The normalized spacial score (nSPS) is 20.5. The van der Waals surface area contributed by atoms with Crippen LogP contribution in [0.4, 0.5) is 0 Å². The van der Waals surface area contributed by atoms with Crippen LogP contribution in [0.3, 0.4) is 0 Å². The Bertz CT molecular complexity index is 663. The zero-order chi connectivity index (χ0) is 15.9. The van der Waals surface area contributed by atoms with E-state index in [9.17, 15) is 0 Å². The summed E-state index contributed by atoms with van der Waals surface area (Å²) in [6.45, 7) is 7.00. The van der Waals surface area contributed by atoms with Gasteiger partial charge in [0, 0.05) is 13.1 Å². The molecular formula is C15H23N5O2. The third-order valence-electron chi connectivity index (χ3n) is 4.43. The van der Waals surface area contributed by atoms with Crippen LogP contribution in [0.2, 0.25) is 0 Å². The maximum absolute atomic E-state index is 5.57. The highest BCUT2D eigenvalue weighted by atomic mass is 16.5. The Labute approximate surface area is 130 Å². The van der Waals surface area contributed by atoms with Crippen molar-refractivity contribution in [2.45, 2.75) is 45.7 Å². The van der Waals surface area contributed by atoms with Crippen molar-refractivity contribution in [3.8, 4) is 5.88 Å². The van der Waals surface area contributed by atoms with Gasteiger partial charge in [0.25, 0.3) is 0 Å². The van der Waals surface area contributed by atoms with E-state index in [0.717, 1.165) is 31.0 Å². The molecule has 1 saturated heterocycles. The standard InChI is InChI=1S/C15H23N5O2/c1-9-13(15(21-5)19(4)17-9)12-7-6-8-20(12)10(2)14-16-11(3)18-22-14/h10,12H,6-8H2,1-5H3/t10-,12+/m1/s1. The van der Waals surface area contributed by atoms with E-state index in [1.54, 1.807) is 7.11 Å². The number of nitrogens with zero attached hydrogens (tertiary/aromatic N) is 5. The lowest BCUT2D eigenvalue weighted by Gasteiger charge is -2.28. The van der Waals surface area contributed by atoms with Crippen LogP contribution >= 0.6 is 0 Å². The highest BCUT2D eigenvalue weighted by Gasteiger charge is 2.36. The van der Waals surface area contributed by atoms with Gasteiger partial charge in [-0.1, -0.05) is 5.16 Å². The van der Waals surface area contributed by atoms with E-state index in [1.165, 1.54) is 5.56 Å². The molecule has 2 atom stereocenters. The molecule has 2 aromatic heterocycles. The van der Waals surface area contributed by atoms with Gasteiger partial charge in [0.15, 0.2) is 5.82 Å². The van der Waals surface area contributed by atoms with E-state index in [2.05, 4.69) is 27.1 Å². The molecule has 1 fully saturated rings.